The second-order valence-corrected chi connectivity index (χ2v) is 7.30. The number of esters is 1. The summed E-state index contributed by atoms with van der Waals surface area (Å²) >= 11 is 0. The van der Waals surface area contributed by atoms with Crippen LogP contribution in [-0.4, -0.2) is 66.1 Å². The molecule has 5 atom stereocenters. The van der Waals surface area contributed by atoms with Gasteiger partial charge in [0.2, 0.25) is 0 Å². The standard InChI is InChI=1S/C16H26O8/c1-6-19-13(17)16(18)7-9-11(23-15(4,5)21-9)12(24-16)10-8-20-14(2,3)22-10/h9-12,18H,6-8H2,1-5H3/t9-,10-,11-,12-,16?/m1/s1. The molecular formula is C16H26O8. The SMILES string of the molecule is CCOC(=O)C1(O)C[C@H]2OC(C)(C)O[C@H]2[C@@H]([C@H]2COC(C)(C)O2)O1. The van der Waals surface area contributed by atoms with Gasteiger partial charge in [-0.25, -0.2) is 4.79 Å². The van der Waals surface area contributed by atoms with Crippen molar-refractivity contribution in [2.45, 2.75) is 82.8 Å². The third-order valence-corrected chi connectivity index (χ3v) is 4.35. The van der Waals surface area contributed by atoms with Gasteiger partial charge in [-0.2, -0.15) is 0 Å². The molecule has 0 bridgehead atoms. The smallest absolute Gasteiger partial charge is 0.366 e. The van der Waals surface area contributed by atoms with Gasteiger partial charge in [-0.05, 0) is 34.6 Å². The second kappa shape index (κ2) is 5.89. The zero-order valence-electron chi connectivity index (χ0n) is 14.7. The maximum absolute atomic E-state index is 12.2. The number of fused-ring (bicyclic) bond motifs is 1. The largest absolute Gasteiger partial charge is 0.462 e. The molecule has 0 saturated carbocycles. The zero-order valence-corrected chi connectivity index (χ0v) is 14.7. The quantitative estimate of drug-likeness (QED) is 0.747. The van der Waals surface area contributed by atoms with E-state index < -0.39 is 47.7 Å². The number of aliphatic hydroxyl groups is 1. The molecule has 0 amide bonds. The summed E-state index contributed by atoms with van der Waals surface area (Å²) in [6.07, 6.45) is -2.27. The van der Waals surface area contributed by atoms with Crippen molar-refractivity contribution in [3.05, 3.63) is 0 Å². The minimum absolute atomic E-state index is 0.0621. The number of carbonyl (C=O) groups excluding carboxylic acids is 1. The van der Waals surface area contributed by atoms with Crippen LogP contribution in [0.2, 0.25) is 0 Å². The summed E-state index contributed by atoms with van der Waals surface area (Å²) in [7, 11) is 0. The van der Waals surface area contributed by atoms with E-state index in [0.717, 1.165) is 0 Å². The summed E-state index contributed by atoms with van der Waals surface area (Å²) < 4.78 is 33.9. The number of ether oxygens (including phenoxy) is 6. The molecule has 8 nitrogen and oxygen atoms in total. The van der Waals surface area contributed by atoms with Gasteiger partial charge in [0, 0.05) is 6.42 Å². The molecule has 0 aromatic carbocycles. The van der Waals surface area contributed by atoms with E-state index in [9.17, 15) is 9.90 Å². The molecule has 3 aliphatic rings. The molecule has 3 fully saturated rings. The highest BCUT2D eigenvalue weighted by Gasteiger charge is 2.60. The van der Waals surface area contributed by atoms with Crippen molar-refractivity contribution in [3.63, 3.8) is 0 Å². The van der Waals surface area contributed by atoms with Crippen LogP contribution in [0, 0.1) is 0 Å². The molecule has 24 heavy (non-hydrogen) atoms. The van der Waals surface area contributed by atoms with Crippen LogP contribution in [0.4, 0.5) is 0 Å². The fourth-order valence-corrected chi connectivity index (χ4v) is 3.45. The van der Waals surface area contributed by atoms with Crippen LogP contribution in [0.5, 0.6) is 0 Å². The predicted molar refractivity (Wildman–Crippen MR) is 79.8 cm³/mol. The van der Waals surface area contributed by atoms with Crippen LogP contribution in [0.25, 0.3) is 0 Å². The number of rotatable bonds is 3. The number of hydrogen-bond donors (Lipinski definition) is 1. The minimum atomic E-state index is -2.10. The van der Waals surface area contributed by atoms with E-state index in [1.165, 1.54) is 0 Å². The Kier molecular flexibility index (Phi) is 4.43. The molecule has 0 aliphatic carbocycles. The van der Waals surface area contributed by atoms with Crippen LogP contribution < -0.4 is 0 Å². The topological polar surface area (TPSA) is 92.7 Å². The summed E-state index contributed by atoms with van der Waals surface area (Å²) in [6, 6.07) is 0. The monoisotopic (exact) mass is 346 g/mol. The number of hydrogen-bond acceptors (Lipinski definition) is 8. The Hall–Kier alpha value is -0.770. The van der Waals surface area contributed by atoms with Crippen LogP contribution in [0.1, 0.15) is 41.0 Å². The Morgan fingerprint density at radius 1 is 1.04 bits per heavy atom. The molecule has 0 spiro atoms. The van der Waals surface area contributed by atoms with Gasteiger partial charge in [0.15, 0.2) is 11.6 Å². The predicted octanol–water partition coefficient (Wildman–Crippen LogP) is 0.699. The summed E-state index contributed by atoms with van der Waals surface area (Å²) in [5.74, 6) is -4.54. The highest BCUT2D eigenvalue weighted by molar-refractivity contribution is 5.77. The van der Waals surface area contributed by atoms with Crippen molar-refractivity contribution in [1.29, 1.82) is 0 Å². The van der Waals surface area contributed by atoms with E-state index in [1.54, 1.807) is 34.6 Å². The van der Waals surface area contributed by atoms with Crippen molar-refractivity contribution in [1.82, 2.24) is 0 Å². The molecular weight excluding hydrogens is 320 g/mol. The highest BCUT2D eigenvalue weighted by Crippen LogP contribution is 2.43. The molecule has 0 aromatic heterocycles. The molecule has 8 heteroatoms. The summed E-state index contributed by atoms with van der Waals surface area (Å²) in [4.78, 5) is 12.2. The molecule has 3 heterocycles. The molecule has 3 saturated heterocycles. The Balaban J connectivity index is 1.85. The first kappa shape index (κ1) is 18.0. The van der Waals surface area contributed by atoms with E-state index in [-0.39, 0.29) is 19.6 Å². The normalized spacial score (nSPS) is 43.4. The highest BCUT2D eigenvalue weighted by atomic mass is 16.8. The zero-order chi connectivity index (χ0) is 17.8. The van der Waals surface area contributed by atoms with Gasteiger partial charge >= 0.3 is 5.97 Å². The second-order valence-electron chi connectivity index (χ2n) is 7.30. The van der Waals surface area contributed by atoms with Gasteiger partial charge in [0.25, 0.3) is 5.79 Å². The van der Waals surface area contributed by atoms with Gasteiger partial charge in [-0.1, -0.05) is 0 Å². The van der Waals surface area contributed by atoms with Crippen molar-refractivity contribution in [2.75, 3.05) is 13.2 Å². The average Bonchev–Trinajstić information content (AvgIpc) is 2.96. The van der Waals surface area contributed by atoms with E-state index in [2.05, 4.69) is 0 Å². The van der Waals surface area contributed by atoms with Gasteiger partial charge in [0.05, 0.1) is 19.3 Å². The van der Waals surface area contributed by atoms with Gasteiger partial charge < -0.3 is 33.5 Å². The van der Waals surface area contributed by atoms with Crippen molar-refractivity contribution < 1.29 is 38.3 Å². The Labute approximate surface area is 141 Å². The van der Waals surface area contributed by atoms with E-state index in [4.69, 9.17) is 28.4 Å². The summed E-state index contributed by atoms with van der Waals surface area (Å²) in [5.41, 5.74) is 0. The molecule has 0 radical (unpaired) electrons. The van der Waals surface area contributed by atoms with Gasteiger partial charge in [-0.3, -0.25) is 0 Å². The first-order valence-corrected chi connectivity index (χ1v) is 8.30. The van der Waals surface area contributed by atoms with Crippen LogP contribution in [0.15, 0.2) is 0 Å². The number of carbonyl (C=O) groups is 1. The molecule has 3 aliphatic heterocycles. The fourth-order valence-electron chi connectivity index (χ4n) is 3.45. The third kappa shape index (κ3) is 3.31. The lowest BCUT2D eigenvalue weighted by Crippen LogP contribution is -2.61. The maximum atomic E-state index is 12.2. The molecule has 1 unspecified atom stereocenters. The lowest BCUT2D eigenvalue weighted by atomic mass is 9.93. The fraction of sp³-hybridized carbons (Fsp3) is 0.938. The minimum Gasteiger partial charge on any atom is -0.462 e. The Morgan fingerprint density at radius 2 is 1.67 bits per heavy atom. The molecule has 0 aromatic rings. The van der Waals surface area contributed by atoms with Crippen LogP contribution in [0.3, 0.4) is 0 Å². The van der Waals surface area contributed by atoms with Crippen molar-refractivity contribution in [3.8, 4) is 0 Å². The lowest BCUT2D eigenvalue weighted by Gasteiger charge is -2.42. The third-order valence-electron chi connectivity index (χ3n) is 4.35. The van der Waals surface area contributed by atoms with E-state index in [0.29, 0.717) is 0 Å². The van der Waals surface area contributed by atoms with Crippen molar-refractivity contribution >= 4 is 5.97 Å². The van der Waals surface area contributed by atoms with Crippen molar-refractivity contribution in [2.24, 2.45) is 0 Å². The van der Waals surface area contributed by atoms with Gasteiger partial charge in [0.1, 0.15) is 18.3 Å². The lowest BCUT2D eigenvalue weighted by molar-refractivity contribution is -0.299. The molecule has 1 N–H and O–H groups in total. The van der Waals surface area contributed by atoms with E-state index in [1.807, 2.05) is 0 Å². The van der Waals surface area contributed by atoms with E-state index >= 15 is 0 Å². The maximum Gasteiger partial charge on any atom is 0.366 e. The Bertz CT molecular complexity index is 504. The molecule has 138 valence electrons. The summed E-state index contributed by atoms with van der Waals surface area (Å²) in [6.45, 7) is 9.22. The Morgan fingerprint density at radius 3 is 2.25 bits per heavy atom. The molecule has 3 rings (SSSR count). The average molecular weight is 346 g/mol. The van der Waals surface area contributed by atoms with Crippen LogP contribution >= 0.6 is 0 Å². The first-order valence-electron chi connectivity index (χ1n) is 8.30. The summed E-state index contributed by atoms with van der Waals surface area (Å²) in [5, 5.41) is 10.7. The van der Waals surface area contributed by atoms with Crippen LogP contribution in [-0.2, 0) is 33.2 Å². The first-order chi connectivity index (χ1) is 11.1. The van der Waals surface area contributed by atoms with Gasteiger partial charge in [-0.15, -0.1) is 0 Å².